The Morgan fingerprint density at radius 3 is 2.25 bits per heavy atom. The second-order valence-corrected chi connectivity index (χ2v) is 9.52. The predicted octanol–water partition coefficient (Wildman–Crippen LogP) is 3.25. The van der Waals surface area contributed by atoms with E-state index in [0.717, 1.165) is 18.5 Å². The Kier molecular flexibility index (Phi) is 4.88. The Bertz CT molecular complexity index is 593. The van der Waals surface area contributed by atoms with Gasteiger partial charge in [-0.25, -0.2) is 4.98 Å². The first kappa shape index (κ1) is 19.0. The number of rotatable bonds is 3. The minimum atomic E-state index is -0.150. The Labute approximate surface area is 146 Å². The molecule has 136 valence electrons. The lowest BCUT2D eigenvalue weighted by Gasteiger charge is -2.46. The fraction of sp³-hybridized carbons (Fsp3) is 0.789. The molecule has 0 bridgehead atoms. The quantitative estimate of drug-likeness (QED) is 0.890. The van der Waals surface area contributed by atoms with E-state index in [1.807, 2.05) is 6.92 Å². The van der Waals surface area contributed by atoms with Gasteiger partial charge >= 0.3 is 0 Å². The van der Waals surface area contributed by atoms with Gasteiger partial charge in [0.25, 0.3) is 0 Å². The molecule has 0 atom stereocenters. The van der Waals surface area contributed by atoms with Crippen molar-refractivity contribution in [1.82, 2.24) is 15.6 Å². The third-order valence-electron chi connectivity index (χ3n) is 4.41. The molecule has 0 aromatic carbocycles. The van der Waals surface area contributed by atoms with E-state index in [0.29, 0.717) is 11.7 Å². The van der Waals surface area contributed by atoms with Crippen LogP contribution in [0.5, 0.6) is 0 Å². The summed E-state index contributed by atoms with van der Waals surface area (Å²) in [4.78, 5) is 17.0. The first-order valence-electron chi connectivity index (χ1n) is 8.83. The Hall–Kier alpha value is -1.36. The van der Waals surface area contributed by atoms with Crippen LogP contribution in [0, 0.1) is 6.92 Å². The van der Waals surface area contributed by atoms with Crippen LogP contribution >= 0.6 is 0 Å². The highest BCUT2D eigenvalue weighted by atomic mass is 16.4. The number of nitrogens with zero attached hydrogens (tertiary/aromatic N) is 1. The van der Waals surface area contributed by atoms with Crippen molar-refractivity contribution >= 4 is 5.91 Å². The van der Waals surface area contributed by atoms with E-state index in [-0.39, 0.29) is 34.9 Å². The van der Waals surface area contributed by atoms with Crippen LogP contribution in [0.25, 0.3) is 0 Å². The fourth-order valence-corrected chi connectivity index (χ4v) is 3.76. The van der Waals surface area contributed by atoms with Crippen molar-refractivity contribution in [2.24, 2.45) is 0 Å². The summed E-state index contributed by atoms with van der Waals surface area (Å²) < 4.78 is 5.84. The van der Waals surface area contributed by atoms with Gasteiger partial charge in [-0.3, -0.25) is 4.79 Å². The molecule has 1 amide bonds. The van der Waals surface area contributed by atoms with Crippen molar-refractivity contribution < 1.29 is 9.21 Å². The molecule has 5 nitrogen and oxygen atoms in total. The van der Waals surface area contributed by atoms with E-state index in [4.69, 9.17) is 4.42 Å². The summed E-state index contributed by atoms with van der Waals surface area (Å²) in [5.74, 6) is 1.37. The fourth-order valence-electron chi connectivity index (χ4n) is 3.76. The number of aryl methyl sites for hydroxylation is 1. The van der Waals surface area contributed by atoms with Gasteiger partial charge < -0.3 is 15.1 Å². The van der Waals surface area contributed by atoms with Gasteiger partial charge in [0.1, 0.15) is 5.76 Å². The largest absolute Gasteiger partial charge is 0.444 e. The van der Waals surface area contributed by atoms with Crippen LogP contribution in [-0.4, -0.2) is 28.0 Å². The molecule has 0 spiro atoms. The zero-order chi connectivity index (χ0) is 18.3. The smallest absolute Gasteiger partial charge is 0.227 e. The van der Waals surface area contributed by atoms with Gasteiger partial charge in [0, 0.05) is 22.5 Å². The Morgan fingerprint density at radius 1 is 1.25 bits per heavy atom. The number of aromatic nitrogens is 1. The van der Waals surface area contributed by atoms with E-state index in [1.54, 1.807) is 0 Å². The normalized spacial score (nSPS) is 20.8. The van der Waals surface area contributed by atoms with Crippen LogP contribution in [0.1, 0.15) is 78.7 Å². The molecule has 1 fully saturated rings. The number of hydrogen-bond donors (Lipinski definition) is 2. The summed E-state index contributed by atoms with van der Waals surface area (Å²) in [7, 11) is 0. The first-order valence-corrected chi connectivity index (χ1v) is 8.83. The molecule has 1 aliphatic heterocycles. The first-order chi connectivity index (χ1) is 10.8. The minimum absolute atomic E-state index is 0.00760. The molecule has 1 aromatic rings. The molecular formula is C19H33N3O2. The molecular weight excluding hydrogens is 302 g/mol. The molecule has 2 N–H and O–H groups in total. The predicted molar refractivity (Wildman–Crippen MR) is 96.1 cm³/mol. The number of nitrogens with one attached hydrogen (secondary N) is 2. The number of carbonyl (C=O) groups excluding carboxylic acids is 1. The van der Waals surface area contributed by atoms with Gasteiger partial charge in [-0.1, -0.05) is 20.8 Å². The Morgan fingerprint density at radius 2 is 1.79 bits per heavy atom. The van der Waals surface area contributed by atoms with Gasteiger partial charge in [-0.2, -0.15) is 0 Å². The SMILES string of the molecule is Cc1nc(C(C)(C)C)oc1CC(=O)NC1CC(C)(C)NC(C)(C)C1. The van der Waals surface area contributed by atoms with E-state index in [9.17, 15) is 4.79 Å². The molecule has 24 heavy (non-hydrogen) atoms. The molecule has 1 aliphatic rings. The molecule has 0 aliphatic carbocycles. The van der Waals surface area contributed by atoms with Crippen molar-refractivity contribution in [3.05, 3.63) is 17.3 Å². The van der Waals surface area contributed by atoms with Crippen molar-refractivity contribution in [1.29, 1.82) is 0 Å². The summed E-state index contributed by atoms with van der Waals surface area (Å²) in [5.41, 5.74) is 0.687. The third kappa shape index (κ3) is 4.82. The zero-order valence-corrected chi connectivity index (χ0v) is 16.5. The summed E-state index contributed by atoms with van der Waals surface area (Å²) in [6, 6.07) is 0.175. The lowest BCUT2D eigenvalue weighted by Crippen LogP contribution is -2.62. The summed E-state index contributed by atoms with van der Waals surface area (Å²) >= 11 is 0. The highest BCUT2D eigenvalue weighted by Crippen LogP contribution is 2.29. The second-order valence-electron chi connectivity index (χ2n) is 9.52. The summed E-state index contributed by atoms with van der Waals surface area (Å²) in [6.45, 7) is 16.8. The monoisotopic (exact) mass is 335 g/mol. The van der Waals surface area contributed by atoms with Crippen LogP contribution in [-0.2, 0) is 16.6 Å². The van der Waals surface area contributed by atoms with Crippen molar-refractivity contribution in [3.8, 4) is 0 Å². The number of amides is 1. The average molecular weight is 335 g/mol. The molecule has 1 aromatic heterocycles. The van der Waals surface area contributed by atoms with Crippen molar-refractivity contribution in [2.45, 2.75) is 97.2 Å². The topological polar surface area (TPSA) is 67.2 Å². The van der Waals surface area contributed by atoms with E-state index < -0.39 is 0 Å². The maximum atomic E-state index is 12.5. The summed E-state index contributed by atoms with van der Waals surface area (Å²) in [5, 5.41) is 6.82. The number of hydrogen-bond acceptors (Lipinski definition) is 4. The van der Waals surface area contributed by atoms with Gasteiger partial charge in [-0.05, 0) is 47.5 Å². The maximum absolute atomic E-state index is 12.5. The molecule has 2 rings (SSSR count). The number of carbonyl (C=O) groups is 1. The van der Waals surface area contributed by atoms with Gasteiger partial charge in [0.05, 0.1) is 12.1 Å². The van der Waals surface area contributed by atoms with Crippen molar-refractivity contribution in [2.75, 3.05) is 0 Å². The standard InChI is InChI=1S/C19H33N3O2/c1-12-14(24-16(20-12)17(2,3)4)9-15(23)21-13-10-18(5,6)22-19(7,8)11-13/h13,22H,9-11H2,1-8H3,(H,21,23). The lowest BCUT2D eigenvalue weighted by atomic mass is 9.79. The van der Waals surface area contributed by atoms with E-state index in [2.05, 4.69) is 64.1 Å². The number of piperidine rings is 1. The molecule has 5 heteroatoms. The molecule has 0 unspecified atom stereocenters. The lowest BCUT2D eigenvalue weighted by molar-refractivity contribution is -0.121. The molecule has 1 saturated heterocycles. The van der Waals surface area contributed by atoms with Crippen LogP contribution in [0.4, 0.5) is 0 Å². The van der Waals surface area contributed by atoms with E-state index >= 15 is 0 Å². The van der Waals surface area contributed by atoms with Crippen LogP contribution in [0.15, 0.2) is 4.42 Å². The van der Waals surface area contributed by atoms with Crippen LogP contribution < -0.4 is 10.6 Å². The van der Waals surface area contributed by atoms with Crippen molar-refractivity contribution in [3.63, 3.8) is 0 Å². The van der Waals surface area contributed by atoms with Gasteiger partial charge in [-0.15, -0.1) is 0 Å². The van der Waals surface area contributed by atoms with E-state index in [1.165, 1.54) is 0 Å². The highest BCUT2D eigenvalue weighted by molar-refractivity contribution is 5.78. The van der Waals surface area contributed by atoms with Gasteiger partial charge in [0.15, 0.2) is 5.89 Å². The van der Waals surface area contributed by atoms with Gasteiger partial charge in [0.2, 0.25) is 5.91 Å². The molecule has 2 heterocycles. The summed E-state index contributed by atoms with van der Waals surface area (Å²) in [6.07, 6.45) is 2.09. The molecule has 0 saturated carbocycles. The third-order valence-corrected chi connectivity index (χ3v) is 4.41. The maximum Gasteiger partial charge on any atom is 0.227 e. The minimum Gasteiger partial charge on any atom is -0.444 e. The van der Waals surface area contributed by atoms with Crippen LogP contribution in [0.3, 0.4) is 0 Å². The zero-order valence-electron chi connectivity index (χ0n) is 16.5. The molecule has 0 radical (unpaired) electrons. The Balaban J connectivity index is 2.02. The average Bonchev–Trinajstić information content (AvgIpc) is 2.65. The second kappa shape index (κ2) is 6.17. The van der Waals surface area contributed by atoms with Crippen LogP contribution in [0.2, 0.25) is 0 Å². The number of oxazole rings is 1. The highest BCUT2D eigenvalue weighted by Gasteiger charge is 2.38.